The van der Waals surface area contributed by atoms with Crippen LogP contribution < -0.4 is 5.73 Å². The van der Waals surface area contributed by atoms with Crippen molar-refractivity contribution in [2.45, 2.75) is 160 Å². The highest BCUT2D eigenvalue weighted by Gasteiger charge is 2.55. The molecule has 8 heterocycles. The molecule has 0 aliphatic carbocycles. The number of hydrogen-bond donors (Lipinski definition) is 4. The minimum absolute atomic E-state index is 0.0227. The van der Waals surface area contributed by atoms with Crippen molar-refractivity contribution in [2.24, 2.45) is 38.2 Å². The van der Waals surface area contributed by atoms with Gasteiger partial charge in [0, 0.05) is 38.0 Å². The Labute approximate surface area is 407 Å². The number of rotatable bonds is 10. The summed E-state index contributed by atoms with van der Waals surface area (Å²) in [5.74, 6) is -0.0198. The van der Waals surface area contributed by atoms with E-state index < -0.39 is 65.7 Å². The first-order valence-corrected chi connectivity index (χ1v) is 23.0. The lowest BCUT2D eigenvalue weighted by molar-refractivity contribution is -0.144. The molecule has 0 saturated carbocycles. The zero-order chi connectivity index (χ0) is 51.9. The molecule has 0 aromatic carbocycles. The number of nitrogens with zero attached hydrogens (tertiary/aromatic N) is 18. The molecule has 2 unspecified atom stereocenters. The van der Waals surface area contributed by atoms with Gasteiger partial charge in [0.2, 0.25) is 0 Å². The number of aliphatic hydroxyl groups excluding tert-OH is 3. The van der Waals surface area contributed by atoms with Gasteiger partial charge in [-0.1, -0.05) is 73.6 Å². The van der Waals surface area contributed by atoms with E-state index in [1.807, 2.05) is 51.4 Å². The van der Waals surface area contributed by atoms with Crippen molar-refractivity contribution in [3.8, 4) is 0 Å². The second-order valence-electron chi connectivity index (χ2n) is 18.2. The topological polar surface area (TPSA) is 397 Å². The summed E-state index contributed by atoms with van der Waals surface area (Å²) in [7, 11) is 0. The van der Waals surface area contributed by atoms with Gasteiger partial charge in [-0.15, -0.1) is 0 Å². The van der Waals surface area contributed by atoms with Gasteiger partial charge in [-0.2, -0.15) is 0 Å². The molecule has 378 valence electrons. The summed E-state index contributed by atoms with van der Waals surface area (Å²) in [6, 6.07) is 3.56. The van der Waals surface area contributed by atoms with Crippen LogP contribution in [0.3, 0.4) is 0 Å². The third-order valence-corrected chi connectivity index (χ3v) is 14.7. The lowest BCUT2D eigenvalue weighted by Gasteiger charge is -2.29. The van der Waals surface area contributed by atoms with Gasteiger partial charge in [-0.3, -0.25) is 4.79 Å². The molecule has 4 aliphatic rings. The van der Waals surface area contributed by atoms with Crippen molar-refractivity contribution < 1.29 is 39.1 Å². The van der Waals surface area contributed by atoms with Crippen LogP contribution in [-0.2, 0) is 23.7 Å². The molecule has 4 aromatic heterocycles. The number of anilines is 1. The normalized spacial score (nSPS) is 35.1. The number of carbonyl (C=O) groups excluding carboxylic acids is 1. The number of hydrogen-bond acceptors (Lipinski definition) is 17. The molecule has 15 atom stereocenters. The molecule has 0 radical (unpaired) electrons. The van der Waals surface area contributed by atoms with Crippen LogP contribution in [0.1, 0.15) is 101 Å². The third-order valence-electron chi connectivity index (χ3n) is 14.4. The number of fused-ring (bicyclic) bond motifs is 2. The third kappa shape index (κ3) is 9.91. The first-order chi connectivity index (χ1) is 33.2. The molecule has 4 saturated heterocycles. The molecule has 28 heteroatoms. The Kier molecular flexibility index (Phi) is 17.4. The maximum atomic E-state index is 11.4. The largest absolute Gasteiger partial charge is 0.462 e. The van der Waals surface area contributed by atoms with Gasteiger partial charge < -0.3 is 49.1 Å². The van der Waals surface area contributed by atoms with Crippen molar-refractivity contribution in [1.29, 1.82) is 0 Å². The number of cyclic esters (lactones) is 1. The molecular formula is C42H60ClN19O8. The Morgan fingerprint density at radius 2 is 1.16 bits per heavy atom. The van der Waals surface area contributed by atoms with Gasteiger partial charge in [0.05, 0.1) is 41.2 Å². The van der Waals surface area contributed by atoms with Gasteiger partial charge in [0.15, 0.2) is 6.29 Å². The number of azide groups is 4. The molecule has 8 rings (SSSR count). The summed E-state index contributed by atoms with van der Waals surface area (Å²) in [4.78, 5) is 39.0. The molecule has 4 aliphatic heterocycles. The van der Waals surface area contributed by atoms with Crippen LogP contribution >= 0.6 is 11.6 Å². The van der Waals surface area contributed by atoms with Gasteiger partial charge >= 0.3 is 5.97 Å². The van der Waals surface area contributed by atoms with Gasteiger partial charge in [-0.05, 0) is 93.1 Å². The maximum Gasteiger partial charge on any atom is 0.318 e. The summed E-state index contributed by atoms with van der Waals surface area (Å²) in [5, 5.41) is 45.9. The number of aliphatic hydroxyl groups is 3. The number of halogens is 1. The molecular weight excluding hydrogens is 934 g/mol. The van der Waals surface area contributed by atoms with Crippen LogP contribution in [0, 0.1) is 17.8 Å². The van der Waals surface area contributed by atoms with Gasteiger partial charge in [0.25, 0.3) is 0 Å². The molecule has 5 N–H and O–H groups in total. The maximum absolute atomic E-state index is 11.4. The average molecular weight is 995 g/mol. The predicted octanol–water partition coefficient (Wildman–Crippen LogP) is 8.28. The van der Waals surface area contributed by atoms with Crippen molar-refractivity contribution in [3.05, 3.63) is 84.1 Å². The lowest BCUT2D eigenvalue weighted by Crippen LogP contribution is -2.42. The van der Waals surface area contributed by atoms with E-state index in [1.165, 1.54) is 12.7 Å². The van der Waals surface area contributed by atoms with E-state index in [1.54, 1.807) is 37.6 Å². The van der Waals surface area contributed by atoms with E-state index in [2.05, 4.69) is 73.9 Å². The molecule has 27 nitrogen and oxygen atoms in total. The van der Waals surface area contributed by atoms with Gasteiger partial charge in [-0.25, -0.2) is 19.9 Å². The molecule has 0 spiro atoms. The quantitative estimate of drug-likeness (QED) is 0.0382. The van der Waals surface area contributed by atoms with Crippen LogP contribution in [0.25, 0.3) is 63.8 Å². The fourth-order valence-electron chi connectivity index (χ4n) is 9.24. The fraction of sp³-hybridized carbons (Fsp3) is 0.690. The predicted molar refractivity (Wildman–Crippen MR) is 255 cm³/mol. The second-order valence-corrected chi connectivity index (χ2v) is 18.5. The van der Waals surface area contributed by atoms with Crippen molar-refractivity contribution in [3.63, 3.8) is 0 Å². The van der Waals surface area contributed by atoms with Crippen LogP contribution in [0.15, 0.2) is 57.6 Å². The number of ether oxygens (including phenoxy) is 4. The van der Waals surface area contributed by atoms with Crippen LogP contribution in [0.2, 0.25) is 5.15 Å². The highest BCUT2D eigenvalue weighted by Crippen LogP contribution is 2.48. The van der Waals surface area contributed by atoms with E-state index in [0.717, 1.165) is 24.6 Å². The Hall–Kier alpha value is -6.20. The summed E-state index contributed by atoms with van der Waals surface area (Å²) in [6.45, 7) is 18.3. The Bertz CT molecular complexity index is 2580. The molecule has 0 bridgehead atoms. The zero-order valence-electron chi connectivity index (χ0n) is 40.5. The number of nitrogen functional groups attached to an aromatic ring is 1. The molecule has 4 aromatic rings. The second kappa shape index (κ2) is 22.3. The Balaban J connectivity index is 0.000000180. The minimum atomic E-state index is -1.30. The highest BCUT2D eigenvalue weighted by molar-refractivity contribution is 6.33. The van der Waals surface area contributed by atoms with Crippen molar-refractivity contribution in [2.75, 3.05) is 12.3 Å². The van der Waals surface area contributed by atoms with Crippen molar-refractivity contribution in [1.82, 2.24) is 29.1 Å². The summed E-state index contributed by atoms with van der Waals surface area (Å²) < 4.78 is 25.7. The van der Waals surface area contributed by atoms with E-state index in [4.69, 9.17) is 58.4 Å². The van der Waals surface area contributed by atoms with Crippen LogP contribution in [-0.4, -0.2) is 116 Å². The van der Waals surface area contributed by atoms with E-state index in [-0.39, 0.29) is 36.1 Å². The smallest absolute Gasteiger partial charge is 0.318 e. The van der Waals surface area contributed by atoms with E-state index in [0.29, 0.717) is 27.7 Å². The standard InChI is InChI=1S/C14H17ClN6O.C12H15N7O3.C8H15N3O2.C8H13N3O2/c1-4-10-8(2)14(3,19-20-16)13(22-10)21-6-5-9-11(15)17-7-18-12(9)21;1-12(17-18-14)8(21)7(4-20)22-11(12)19-3-2-6-9(13)15-5-16-10(6)19;2*1-4-6-5(2)8(3,10-11-9)7(12)13-6/h5-8,10,13H,4H2,1-3H3;2-3,5,7-8,11,20-21H,4H2,1H3,(H2,13,15,16);5-7,12H,4H2,1-3H3;5-6H,4H2,1-3H3/t8-,10-,13?,14-;7-,8-,11-,12-;5-,6-,7?,8-;5-,6-,8-/m1111/s1. The van der Waals surface area contributed by atoms with Crippen molar-refractivity contribution >= 4 is 45.5 Å². The Morgan fingerprint density at radius 3 is 1.69 bits per heavy atom. The molecule has 70 heavy (non-hydrogen) atoms. The van der Waals surface area contributed by atoms with Crippen LogP contribution in [0.4, 0.5) is 5.82 Å². The lowest BCUT2D eigenvalue weighted by atomic mass is 9.84. The Morgan fingerprint density at radius 1 is 0.686 bits per heavy atom. The highest BCUT2D eigenvalue weighted by atomic mass is 35.5. The van der Waals surface area contributed by atoms with Crippen LogP contribution in [0.5, 0.6) is 0 Å². The first kappa shape index (κ1) is 54.7. The average Bonchev–Trinajstić information content (AvgIpc) is 4.16. The SMILES string of the molecule is CC[C@H]1OC(=O)[C@](C)(N=[N+]=[N-])[C@@H]1C.CC[C@H]1OC(O)[C@](C)(N=[N+]=[N-])[C@@H]1C.CC[C@H]1OC(n2ccc3c(Cl)ncnc32)[C@](C)(N=[N+]=[N-])[C@@H]1C.C[C@@]1(N=[N+]=[N-])[C@H](O)[C@@H](CO)O[C@H]1n1ccc2c(N)ncnc21. The summed E-state index contributed by atoms with van der Waals surface area (Å²) >= 11 is 6.11. The summed E-state index contributed by atoms with van der Waals surface area (Å²) in [6.07, 6.45) is 4.29. The van der Waals surface area contributed by atoms with E-state index in [9.17, 15) is 20.1 Å². The number of carbonyl (C=O) groups is 1. The van der Waals surface area contributed by atoms with E-state index >= 15 is 0 Å². The minimum Gasteiger partial charge on any atom is -0.462 e. The van der Waals surface area contributed by atoms with Gasteiger partial charge in [0.1, 0.15) is 76.2 Å². The number of aromatic nitrogens is 6. The number of nitrogens with two attached hydrogens (primary N) is 1. The fourth-order valence-corrected chi connectivity index (χ4v) is 9.43. The summed E-state index contributed by atoms with van der Waals surface area (Å²) in [5.41, 5.74) is 37.6. The first-order valence-electron chi connectivity index (χ1n) is 22.6. The monoisotopic (exact) mass is 993 g/mol. The molecule has 0 amide bonds. The molecule has 4 fully saturated rings. The number of esters is 1. The zero-order valence-corrected chi connectivity index (χ0v) is 41.3.